The molecule has 2 aliphatic rings. The van der Waals surface area contributed by atoms with Crippen LogP contribution in [0.25, 0.3) is 10.9 Å². The Hall–Kier alpha value is -1.66. The lowest BCUT2D eigenvalue weighted by Gasteiger charge is -2.47. The fraction of sp³-hybridized carbons (Fsp3) is 0.609. The maximum atomic E-state index is 12.7. The van der Waals surface area contributed by atoms with Crippen molar-refractivity contribution < 1.29 is 4.79 Å². The minimum atomic E-state index is 0.0797. The van der Waals surface area contributed by atoms with E-state index in [-0.39, 0.29) is 12.1 Å². The second kappa shape index (κ2) is 8.60. The van der Waals surface area contributed by atoms with Gasteiger partial charge in [0.2, 0.25) is 0 Å². The number of benzene rings is 1. The third-order valence-electron chi connectivity index (χ3n) is 6.75. The monoisotopic (exact) mass is 414 g/mol. The summed E-state index contributed by atoms with van der Waals surface area (Å²) in [6, 6.07) is 5.49. The fourth-order valence-electron chi connectivity index (χ4n) is 5.39. The number of H-pyrrole nitrogens is 1. The average molecular weight is 415 g/mol. The summed E-state index contributed by atoms with van der Waals surface area (Å²) in [6.07, 6.45) is 7.63. The molecule has 6 heteroatoms. The molecular formula is C23H34N4OS. The van der Waals surface area contributed by atoms with Gasteiger partial charge in [-0.2, -0.15) is 0 Å². The van der Waals surface area contributed by atoms with E-state index in [4.69, 9.17) is 0 Å². The van der Waals surface area contributed by atoms with E-state index < -0.39 is 0 Å². The largest absolute Gasteiger partial charge is 0.361 e. The number of nitrogens with one attached hydrogen (secondary N) is 2. The van der Waals surface area contributed by atoms with Crippen molar-refractivity contribution in [3.8, 4) is 0 Å². The average Bonchev–Trinajstić information content (AvgIpc) is 3.13. The molecule has 2 N–H and O–H groups in total. The minimum Gasteiger partial charge on any atom is -0.361 e. The Bertz CT molecular complexity index is 875. The van der Waals surface area contributed by atoms with Crippen LogP contribution >= 0.6 is 11.8 Å². The molecule has 2 heterocycles. The lowest BCUT2D eigenvalue weighted by atomic mass is 9.73. The van der Waals surface area contributed by atoms with Crippen molar-refractivity contribution in [1.29, 1.82) is 0 Å². The molecule has 1 unspecified atom stereocenters. The van der Waals surface area contributed by atoms with Gasteiger partial charge in [0.1, 0.15) is 0 Å². The van der Waals surface area contributed by atoms with E-state index in [0.29, 0.717) is 12.0 Å². The van der Waals surface area contributed by atoms with Crippen molar-refractivity contribution in [2.75, 3.05) is 32.4 Å². The predicted octanol–water partition coefficient (Wildman–Crippen LogP) is 4.43. The molecule has 1 aromatic carbocycles. The number of thioether (sulfide) groups is 1. The third kappa shape index (κ3) is 3.77. The number of rotatable bonds is 6. The second-order valence-corrected chi connectivity index (χ2v) is 9.26. The van der Waals surface area contributed by atoms with Crippen LogP contribution in [0.3, 0.4) is 0 Å². The highest BCUT2D eigenvalue weighted by Gasteiger charge is 2.41. The standard InChI is InChI=1S/C23H34N4OS/c1-5-8-27-14-16(25-23(28)26(6-2)7-3)10-18-19-11-17(29-4)12-20-22(19)15(13-24-20)9-21(18)27/h11-13,16,18,21,24H,5-10,14H2,1-4H3,(H,25,28)/t16-,18?,21+/m0/s1. The van der Waals surface area contributed by atoms with Crippen LogP contribution in [0.1, 0.15) is 50.7 Å². The molecule has 0 bridgehead atoms. The van der Waals surface area contributed by atoms with Gasteiger partial charge in [-0.15, -0.1) is 11.8 Å². The SMILES string of the molecule is CCCN1C[C@@H](NC(=O)N(CC)CC)CC2c3cc(SC)cc4[nH]cc(c34)C[C@H]21. The quantitative estimate of drug-likeness (QED) is 0.688. The Morgan fingerprint density at radius 3 is 2.79 bits per heavy atom. The highest BCUT2D eigenvalue weighted by molar-refractivity contribution is 7.98. The topological polar surface area (TPSA) is 51.4 Å². The predicted molar refractivity (Wildman–Crippen MR) is 122 cm³/mol. The van der Waals surface area contributed by atoms with Crippen molar-refractivity contribution >= 4 is 28.7 Å². The van der Waals surface area contributed by atoms with Gasteiger partial charge in [0.05, 0.1) is 0 Å². The van der Waals surface area contributed by atoms with Crippen LogP contribution < -0.4 is 5.32 Å². The van der Waals surface area contributed by atoms with E-state index in [0.717, 1.165) is 45.4 Å². The van der Waals surface area contributed by atoms with Crippen LogP contribution in [0.5, 0.6) is 0 Å². The number of amides is 2. The van der Waals surface area contributed by atoms with Gasteiger partial charge in [-0.3, -0.25) is 4.90 Å². The highest BCUT2D eigenvalue weighted by atomic mass is 32.2. The van der Waals surface area contributed by atoms with Gasteiger partial charge in [0, 0.05) is 59.6 Å². The summed E-state index contributed by atoms with van der Waals surface area (Å²) in [5.74, 6) is 0.468. The Morgan fingerprint density at radius 1 is 1.31 bits per heavy atom. The van der Waals surface area contributed by atoms with Gasteiger partial charge < -0.3 is 15.2 Å². The molecule has 5 nitrogen and oxygen atoms in total. The molecule has 2 amide bonds. The first-order chi connectivity index (χ1) is 14.1. The maximum absolute atomic E-state index is 12.7. The van der Waals surface area contributed by atoms with Gasteiger partial charge in [-0.05, 0) is 69.2 Å². The van der Waals surface area contributed by atoms with Crippen molar-refractivity contribution in [3.63, 3.8) is 0 Å². The van der Waals surface area contributed by atoms with Gasteiger partial charge in [-0.1, -0.05) is 6.92 Å². The van der Waals surface area contributed by atoms with Crippen LogP contribution in [-0.4, -0.2) is 65.3 Å². The molecule has 0 radical (unpaired) electrons. The van der Waals surface area contributed by atoms with Gasteiger partial charge in [0.15, 0.2) is 0 Å². The molecule has 3 atom stereocenters. The summed E-state index contributed by atoms with van der Waals surface area (Å²) in [5.41, 5.74) is 4.19. The maximum Gasteiger partial charge on any atom is 0.317 e. The molecule has 1 aliphatic carbocycles. The summed E-state index contributed by atoms with van der Waals surface area (Å²) < 4.78 is 0. The van der Waals surface area contributed by atoms with Gasteiger partial charge >= 0.3 is 6.03 Å². The van der Waals surface area contributed by atoms with Crippen LogP contribution in [0.2, 0.25) is 0 Å². The molecule has 0 spiro atoms. The summed E-state index contributed by atoms with van der Waals surface area (Å²) in [7, 11) is 0. The molecule has 1 aliphatic heterocycles. The summed E-state index contributed by atoms with van der Waals surface area (Å²) in [5, 5.41) is 4.78. The number of carbonyl (C=O) groups excluding carboxylic acids is 1. The number of hydrogen-bond acceptors (Lipinski definition) is 3. The van der Waals surface area contributed by atoms with E-state index >= 15 is 0 Å². The molecule has 1 saturated heterocycles. The first kappa shape index (κ1) is 20.6. The molecule has 4 rings (SSSR count). The third-order valence-corrected chi connectivity index (χ3v) is 7.45. The molecule has 0 saturated carbocycles. The van der Waals surface area contributed by atoms with Crippen LogP contribution in [0.15, 0.2) is 23.2 Å². The van der Waals surface area contributed by atoms with E-state index in [1.165, 1.54) is 26.9 Å². The van der Waals surface area contributed by atoms with E-state index in [2.05, 4.69) is 46.7 Å². The number of hydrogen-bond donors (Lipinski definition) is 2. The second-order valence-electron chi connectivity index (χ2n) is 8.38. The number of aromatic amines is 1. The Balaban J connectivity index is 1.67. The fourth-order valence-corrected chi connectivity index (χ4v) is 5.87. The number of urea groups is 1. The van der Waals surface area contributed by atoms with E-state index in [1.54, 1.807) is 0 Å². The van der Waals surface area contributed by atoms with Crippen LogP contribution in [0, 0.1) is 0 Å². The molecule has 1 fully saturated rings. The zero-order valence-electron chi connectivity index (χ0n) is 18.1. The lowest BCUT2D eigenvalue weighted by molar-refractivity contribution is 0.0979. The van der Waals surface area contributed by atoms with Crippen molar-refractivity contribution in [2.24, 2.45) is 0 Å². The van der Waals surface area contributed by atoms with Crippen LogP contribution in [-0.2, 0) is 6.42 Å². The van der Waals surface area contributed by atoms with E-state index in [9.17, 15) is 4.79 Å². The molecule has 1 aromatic heterocycles. The zero-order chi connectivity index (χ0) is 20.5. The number of carbonyl (C=O) groups is 1. The Morgan fingerprint density at radius 2 is 2.10 bits per heavy atom. The first-order valence-corrected chi connectivity index (χ1v) is 12.3. The normalized spacial score (nSPS) is 23.8. The zero-order valence-corrected chi connectivity index (χ0v) is 18.9. The molecule has 2 aromatic rings. The molecule has 29 heavy (non-hydrogen) atoms. The highest BCUT2D eigenvalue weighted by Crippen LogP contribution is 2.44. The van der Waals surface area contributed by atoms with Gasteiger partial charge in [0.25, 0.3) is 0 Å². The minimum absolute atomic E-state index is 0.0797. The van der Waals surface area contributed by atoms with Crippen molar-refractivity contribution in [3.05, 3.63) is 29.5 Å². The van der Waals surface area contributed by atoms with Crippen molar-refractivity contribution in [2.45, 2.75) is 62.9 Å². The Labute approximate surface area is 178 Å². The summed E-state index contributed by atoms with van der Waals surface area (Å²) in [6.45, 7) is 9.89. The van der Waals surface area contributed by atoms with Gasteiger partial charge in [-0.25, -0.2) is 4.79 Å². The number of aromatic nitrogens is 1. The number of piperidine rings is 1. The smallest absolute Gasteiger partial charge is 0.317 e. The number of likely N-dealkylation sites (tertiary alicyclic amines) is 1. The number of nitrogens with zero attached hydrogens (tertiary/aromatic N) is 2. The first-order valence-electron chi connectivity index (χ1n) is 11.1. The summed E-state index contributed by atoms with van der Waals surface area (Å²) in [4.78, 5) is 22.1. The molecule has 158 valence electrons. The van der Waals surface area contributed by atoms with E-state index in [1.807, 2.05) is 30.5 Å². The Kier molecular flexibility index (Phi) is 6.11. The van der Waals surface area contributed by atoms with Crippen LogP contribution in [0.4, 0.5) is 4.79 Å². The number of fused-ring (bicyclic) bond motifs is 2. The lowest BCUT2D eigenvalue weighted by Crippen LogP contribution is -2.57. The van der Waals surface area contributed by atoms with Crippen molar-refractivity contribution in [1.82, 2.24) is 20.1 Å². The summed E-state index contributed by atoms with van der Waals surface area (Å²) >= 11 is 1.81. The molecular weight excluding hydrogens is 380 g/mol.